The van der Waals surface area contributed by atoms with E-state index in [1.165, 1.54) is 5.56 Å². The summed E-state index contributed by atoms with van der Waals surface area (Å²) in [6.07, 6.45) is 6.07. The van der Waals surface area contributed by atoms with Gasteiger partial charge in [0.2, 0.25) is 5.91 Å². The van der Waals surface area contributed by atoms with Gasteiger partial charge >= 0.3 is 0 Å². The summed E-state index contributed by atoms with van der Waals surface area (Å²) in [5.74, 6) is 0.903. The van der Waals surface area contributed by atoms with Crippen LogP contribution in [0, 0.1) is 5.41 Å². The summed E-state index contributed by atoms with van der Waals surface area (Å²) in [6, 6.07) is 10.2. The largest absolute Gasteiger partial charge is 0.354 e. The lowest BCUT2D eigenvalue weighted by Crippen LogP contribution is -2.44. The first-order valence-corrected chi connectivity index (χ1v) is 9.40. The van der Waals surface area contributed by atoms with Crippen LogP contribution in [0.15, 0.2) is 30.3 Å². The molecule has 0 aliphatic rings. The van der Waals surface area contributed by atoms with E-state index in [1.54, 1.807) is 11.8 Å². The van der Waals surface area contributed by atoms with Crippen molar-refractivity contribution in [2.45, 2.75) is 45.6 Å². The normalized spacial score (nSPS) is 12.3. The highest BCUT2D eigenvalue weighted by molar-refractivity contribution is 7.98. The highest BCUT2D eigenvalue weighted by Gasteiger charge is 2.20. The molecule has 0 spiro atoms. The molecule has 0 heterocycles. The highest BCUT2D eigenvalue weighted by Crippen LogP contribution is 2.22. The van der Waals surface area contributed by atoms with Gasteiger partial charge in [0.15, 0.2) is 0 Å². The lowest BCUT2D eigenvalue weighted by Gasteiger charge is -2.26. The molecule has 1 atom stereocenters. The van der Waals surface area contributed by atoms with Gasteiger partial charge in [-0.1, -0.05) is 44.2 Å². The molecule has 3 nitrogen and oxygen atoms in total. The Labute approximate surface area is 151 Å². The van der Waals surface area contributed by atoms with Gasteiger partial charge in [0, 0.05) is 6.54 Å². The van der Waals surface area contributed by atoms with E-state index < -0.39 is 0 Å². The monoisotopic (exact) mass is 358 g/mol. The Kier molecular flexibility index (Phi) is 11.4. The summed E-state index contributed by atoms with van der Waals surface area (Å²) in [4.78, 5) is 11.9. The minimum atomic E-state index is -0.382. The maximum Gasteiger partial charge on any atom is 0.236 e. The molecule has 0 aliphatic heterocycles. The van der Waals surface area contributed by atoms with Crippen molar-refractivity contribution in [1.82, 2.24) is 5.32 Å². The van der Waals surface area contributed by atoms with Crippen LogP contribution in [0.4, 0.5) is 0 Å². The van der Waals surface area contributed by atoms with Crippen LogP contribution >= 0.6 is 24.2 Å². The van der Waals surface area contributed by atoms with Crippen LogP contribution in [-0.4, -0.2) is 30.5 Å². The van der Waals surface area contributed by atoms with Crippen molar-refractivity contribution in [3.8, 4) is 0 Å². The van der Waals surface area contributed by atoms with Crippen LogP contribution in [0.25, 0.3) is 0 Å². The fraction of sp³-hybridized carbons (Fsp3) is 0.611. The van der Waals surface area contributed by atoms with Gasteiger partial charge in [0.05, 0.1) is 6.04 Å². The van der Waals surface area contributed by atoms with E-state index in [4.69, 9.17) is 5.73 Å². The van der Waals surface area contributed by atoms with Gasteiger partial charge < -0.3 is 11.1 Å². The van der Waals surface area contributed by atoms with E-state index in [0.29, 0.717) is 6.54 Å². The maximum atomic E-state index is 11.9. The van der Waals surface area contributed by atoms with Crippen LogP contribution in [0.1, 0.15) is 38.7 Å². The van der Waals surface area contributed by atoms with Crippen LogP contribution in [0.2, 0.25) is 0 Å². The number of halogens is 1. The number of hydrogen-bond donors (Lipinski definition) is 2. The van der Waals surface area contributed by atoms with E-state index >= 15 is 0 Å². The molecule has 0 bridgehead atoms. The number of aryl methyl sites for hydroxylation is 1. The number of thioether (sulfide) groups is 1. The Balaban J connectivity index is 0.00000484. The topological polar surface area (TPSA) is 55.1 Å². The first kappa shape index (κ1) is 22.3. The van der Waals surface area contributed by atoms with Gasteiger partial charge in [-0.05, 0) is 48.7 Å². The van der Waals surface area contributed by atoms with Gasteiger partial charge in [0.25, 0.3) is 0 Å². The smallest absolute Gasteiger partial charge is 0.236 e. The molecular formula is C18H31ClN2OS. The number of carbonyl (C=O) groups excluding carboxylic acids is 1. The number of rotatable bonds is 10. The summed E-state index contributed by atoms with van der Waals surface area (Å²) >= 11 is 1.72. The van der Waals surface area contributed by atoms with E-state index in [1.807, 2.05) is 12.3 Å². The molecule has 0 saturated heterocycles. The molecule has 1 aromatic rings. The van der Waals surface area contributed by atoms with Gasteiger partial charge in [-0.15, -0.1) is 12.4 Å². The summed E-state index contributed by atoms with van der Waals surface area (Å²) in [7, 11) is 0. The lowest BCUT2D eigenvalue weighted by atomic mass is 9.86. The third kappa shape index (κ3) is 9.90. The molecule has 3 N–H and O–H groups in total. The van der Waals surface area contributed by atoms with Crippen molar-refractivity contribution in [3.63, 3.8) is 0 Å². The third-order valence-electron chi connectivity index (χ3n) is 3.87. The number of amides is 1. The third-order valence-corrected chi connectivity index (χ3v) is 4.52. The molecule has 1 amide bonds. The van der Waals surface area contributed by atoms with Crippen molar-refractivity contribution < 1.29 is 4.79 Å². The van der Waals surface area contributed by atoms with Crippen molar-refractivity contribution in [2.24, 2.45) is 11.1 Å². The summed E-state index contributed by atoms with van der Waals surface area (Å²) in [5, 5.41) is 3.01. The first-order valence-electron chi connectivity index (χ1n) is 8.01. The summed E-state index contributed by atoms with van der Waals surface area (Å²) < 4.78 is 0. The molecule has 0 radical (unpaired) electrons. The fourth-order valence-electron chi connectivity index (χ4n) is 2.34. The van der Waals surface area contributed by atoms with Crippen LogP contribution < -0.4 is 11.1 Å². The Morgan fingerprint density at radius 1 is 1.30 bits per heavy atom. The second-order valence-electron chi connectivity index (χ2n) is 6.61. The number of nitrogens with two attached hydrogens (primary N) is 1. The number of carbonyl (C=O) groups is 1. The van der Waals surface area contributed by atoms with E-state index in [2.05, 4.69) is 43.4 Å². The molecular weight excluding hydrogens is 328 g/mol. The van der Waals surface area contributed by atoms with Gasteiger partial charge in [-0.25, -0.2) is 0 Å². The molecule has 0 saturated carbocycles. The zero-order valence-electron chi connectivity index (χ0n) is 14.5. The Bertz CT molecular complexity index is 440. The maximum absolute atomic E-state index is 11.9. The molecule has 23 heavy (non-hydrogen) atoms. The predicted octanol–water partition coefficient (Wildman–Crippen LogP) is 3.65. The Morgan fingerprint density at radius 3 is 2.57 bits per heavy atom. The second kappa shape index (κ2) is 11.8. The van der Waals surface area contributed by atoms with Crippen molar-refractivity contribution >= 4 is 30.1 Å². The van der Waals surface area contributed by atoms with Crippen LogP contribution in [-0.2, 0) is 11.2 Å². The summed E-state index contributed by atoms with van der Waals surface area (Å²) in [6.45, 7) is 5.09. The van der Waals surface area contributed by atoms with Gasteiger partial charge in [0.1, 0.15) is 0 Å². The molecule has 0 unspecified atom stereocenters. The van der Waals surface area contributed by atoms with Crippen molar-refractivity contribution in [2.75, 3.05) is 18.6 Å². The van der Waals surface area contributed by atoms with Gasteiger partial charge in [-0.3, -0.25) is 4.79 Å². The minimum Gasteiger partial charge on any atom is -0.354 e. The Hall–Kier alpha value is -0.710. The van der Waals surface area contributed by atoms with E-state index in [0.717, 1.165) is 31.4 Å². The van der Waals surface area contributed by atoms with Crippen molar-refractivity contribution in [1.29, 1.82) is 0 Å². The van der Waals surface area contributed by atoms with Crippen molar-refractivity contribution in [3.05, 3.63) is 35.9 Å². The lowest BCUT2D eigenvalue weighted by molar-refractivity contribution is -0.122. The van der Waals surface area contributed by atoms with Crippen LogP contribution in [0.5, 0.6) is 0 Å². The number of nitrogens with one attached hydrogen (secondary N) is 1. The molecule has 1 aromatic carbocycles. The van der Waals surface area contributed by atoms with E-state index in [-0.39, 0.29) is 29.8 Å². The Morgan fingerprint density at radius 2 is 1.96 bits per heavy atom. The quantitative estimate of drug-likeness (QED) is 0.671. The minimum absolute atomic E-state index is 0. The number of hydrogen-bond acceptors (Lipinski definition) is 3. The molecule has 0 aliphatic carbocycles. The zero-order chi connectivity index (χ0) is 16.4. The van der Waals surface area contributed by atoms with Gasteiger partial charge in [-0.2, -0.15) is 11.8 Å². The average Bonchev–Trinajstić information content (AvgIpc) is 2.51. The van der Waals surface area contributed by atoms with Crippen LogP contribution in [0.3, 0.4) is 0 Å². The standard InChI is InChI=1S/C18H30N2OS.ClH/c1-18(2,12-7-10-15-8-5-4-6-9-15)14-20-17(21)16(19)11-13-22-3;/h4-6,8-9,16H,7,10-14,19H2,1-3H3,(H,20,21);1H/t16-;/m0./s1. The zero-order valence-corrected chi connectivity index (χ0v) is 16.1. The fourth-order valence-corrected chi connectivity index (χ4v) is 2.83. The molecule has 132 valence electrons. The second-order valence-corrected chi connectivity index (χ2v) is 7.59. The first-order chi connectivity index (χ1) is 10.4. The molecule has 1 rings (SSSR count). The average molecular weight is 359 g/mol. The molecule has 0 fully saturated rings. The SMILES string of the molecule is CSCC[C@H](N)C(=O)NCC(C)(C)CCCc1ccccc1.Cl. The van der Waals surface area contributed by atoms with E-state index in [9.17, 15) is 4.79 Å². The number of benzene rings is 1. The predicted molar refractivity (Wildman–Crippen MR) is 104 cm³/mol. The highest BCUT2D eigenvalue weighted by atomic mass is 35.5. The summed E-state index contributed by atoms with van der Waals surface area (Å²) in [5.41, 5.74) is 7.36. The molecule has 5 heteroatoms. The molecule has 0 aromatic heterocycles.